The fourth-order valence-electron chi connectivity index (χ4n) is 3.12. The zero-order chi connectivity index (χ0) is 19.7. The summed E-state index contributed by atoms with van der Waals surface area (Å²) in [7, 11) is 3.10. The molecule has 0 atom stereocenters. The van der Waals surface area contributed by atoms with Crippen LogP contribution in [0.25, 0.3) is 22.4 Å². The predicted octanol–water partition coefficient (Wildman–Crippen LogP) is 3.33. The number of aromatic nitrogens is 1. The van der Waals surface area contributed by atoms with Crippen molar-refractivity contribution >= 4 is 0 Å². The summed E-state index contributed by atoms with van der Waals surface area (Å²) in [6, 6.07) is 14.4. The molecule has 2 aromatic carbocycles. The van der Waals surface area contributed by atoms with Crippen molar-refractivity contribution in [2.75, 3.05) is 21.0 Å². The predicted molar refractivity (Wildman–Crippen MR) is 102 cm³/mol. The van der Waals surface area contributed by atoms with Gasteiger partial charge in [0.05, 0.1) is 14.2 Å². The van der Waals surface area contributed by atoms with E-state index in [0.717, 1.165) is 5.56 Å². The van der Waals surface area contributed by atoms with Gasteiger partial charge in [-0.05, 0) is 42.0 Å². The number of H-pyrrole nitrogens is 1. The number of aromatic amines is 1. The third-order valence-electron chi connectivity index (χ3n) is 4.52. The van der Waals surface area contributed by atoms with Gasteiger partial charge in [0.25, 0.3) is 5.56 Å². The molecule has 2 heterocycles. The molecular formula is C21H16N2O5. The van der Waals surface area contributed by atoms with Crippen LogP contribution in [0, 0.1) is 11.3 Å². The first kappa shape index (κ1) is 17.5. The Balaban J connectivity index is 1.88. The van der Waals surface area contributed by atoms with E-state index in [4.69, 9.17) is 18.9 Å². The van der Waals surface area contributed by atoms with Crippen molar-refractivity contribution in [2.45, 2.75) is 0 Å². The molecule has 0 saturated heterocycles. The number of hydrogen-bond acceptors (Lipinski definition) is 6. The lowest BCUT2D eigenvalue weighted by Gasteiger charge is -2.11. The first-order chi connectivity index (χ1) is 13.6. The highest BCUT2D eigenvalue weighted by molar-refractivity contribution is 5.77. The minimum Gasteiger partial charge on any atom is -0.493 e. The Morgan fingerprint density at radius 3 is 2.46 bits per heavy atom. The second kappa shape index (κ2) is 7.00. The lowest BCUT2D eigenvalue weighted by atomic mass is 9.98. The molecule has 28 heavy (non-hydrogen) atoms. The maximum absolute atomic E-state index is 12.6. The SMILES string of the molecule is COc1ccc(-c2cc(-c3ccc4c(c3)OCO4)c(C#N)c(=O)[nH]2)cc1OC. The Hall–Kier alpha value is -3.92. The average molecular weight is 376 g/mol. The molecule has 0 saturated carbocycles. The summed E-state index contributed by atoms with van der Waals surface area (Å²) in [6.07, 6.45) is 0. The van der Waals surface area contributed by atoms with Gasteiger partial charge in [0.2, 0.25) is 6.79 Å². The Morgan fingerprint density at radius 2 is 1.71 bits per heavy atom. The highest BCUT2D eigenvalue weighted by Crippen LogP contribution is 2.37. The van der Waals surface area contributed by atoms with Crippen LogP contribution in [0.1, 0.15) is 5.56 Å². The molecule has 7 nitrogen and oxygen atoms in total. The molecule has 1 aliphatic rings. The van der Waals surface area contributed by atoms with Crippen LogP contribution in [-0.2, 0) is 0 Å². The van der Waals surface area contributed by atoms with Gasteiger partial charge in [0, 0.05) is 16.8 Å². The lowest BCUT2D eigenvalue weighted by molar-refractivity contribution is 0.174. The number of ether oxygens (including phenoxy) is 4. The van der Waals surface area contributed by atoms with E-state index in [0.29, 0.717) is 39.8 Å². The van der Waals surface area contributed by atoms with Gasteiger partial charge in [0.1, 0.15) is 11.6 Å². The quantitative estimate of drug-likeness (QED) is 0.751. The molecule has 140 valence electrons. The zero-order valence-electron chi connectivity index (χ0n) is 15.2. The second-order valence-electron chi connectivity index (χ2n) is 6.05. The van der Waals surface area contributed by atoms with E-state index >= 15 is 0 Å². The molecule has 4 rings (SSSR count). The van der Waals surface area contributed by atoms with Crippen molar-refractivity contribution in [1.29, 1.82) is 5.26 Å². The van der Waals surface area contributed by atoms with Crippen LogP contribution in [0.5, 0.6) is 23.0 Å². The Kier molecular flexibility index (Phi) is 4.38. The monoisotopic (exact) mass is 376 g/mol. The van der Waals surface area contributed by atoms with Crippen molar-refractivity contribution in [2.24, 2.45) is 0 Å². The summed E-state index contributed by atoms with van der Waals surface area (Å²) >= 11 is 0. The number of fused-ring (bicyclic) bond motifs is 1. The molecule has 7 heteroatoms. The Bertz CT molecular complexity index is 1160. The number of pyridine rings is 1. The summed E-state index contributed by atoms with van der Waals surface area (Å²) in [5, 5.41) is 9.50. The van der Waals surface area contributed by atoms with Crippen LogP contribution in [0.2, 0.25) is 0 Å². The van der Waals surface area contributed by atoms with Crippen molar-refractivity contribution in [3.63, 3.8) is 0 Å². The zero-order valence-corrected chi connectivity index (χ0v) is 15.2. The molecule has 0 spiro atoms. The molecular weight excluding hydrogens is 360 g/mol. The van der Waals surface area contributed by atoms with Crippen molar-refractivity contribution in [3.05, 3.63) is 58.4 Å². The number of methoxy groups -OCH3 is 2. The smallest absolute Gasteiger partial charge is 0.266 e. The number of nitrogens with one attached hydrogen (secondary N) is 1. The molecule has 0 radical (unpaired) electrons. The molecule has 0 bridgehead atoms. The standard InChI is InChI=1S/C21H16N2O5/c1-25-17-5-4-13(8-19(17)26-2)16-9-14(15(10-22)21(24)23-16)12-3-6-18-20(7-12)28-11-27-18/h3-9H,11H2,1-2H3,(H,23,24). The van der Waals surface area contributed by atoms with Crippen molar-refractivity contribution < 1.29 is 18.9 Å². The van der Waals surface area contributed by atoms with Gasteiger partial charge in [0.15, 0.2) is 23.0 Å². The maximum Gasteiger partial charge on any atom is 0.266 e. The molecule has 0 amide bonds. The van der Waals surface area contributed by atoms with Crippen molar-refractivity contribution in [1.82, 2.24) is 4.98 Å². The van der Waals surface area contributed by atoms with E-state index in [2.05, 4.69) is 4.98 Å². The number of benzene rings is 2. The van der Waals surface area contributed by atoms with Gasteiger partial charge in [-0.25, -0.2) is 0 Å². The third kappa shape index (κ3) is 2.91. The molecule has 0 aliphatic carbocycles. The van der Waals surface area contributed by atoms with Crippen LogP contribution in [0.4, 0.5) is 0 Å². The summed E-state index contributed by atoms with van der Waals surface area (Å²) < 4.78 is 21.3. The van der Waals surface area contributed by atoms with E-state index in [1.165, 1.54) is 0 Å². The molecule has 1 N–H and O–H groups in total. The van der Waals surface area contributed by atoms with Crippen LogP contribution in [0.3, 0.4) is 0 Å². The number of hydrogen-bond donors (Lipinski definition) is 1. The fraction of sp³-hybridized carbons (Fsp3) is 0.143. The topological polar surface area (TPSA) is 93.6 Å². The molecule has 0 unspecified atom stereocenters. The van der Waals surface area contributed by atoms with Crippen LogP contribution in [-0.4, -0.2) is 26.0 Å². The highest BCUT2D eigenvalue weighted by atomic mass is 16.7. The van der Waals surface area contributed by atoms with Gasteiger partial charge in [-0.2, -0.15) is 5.26 Å². The first-order valence-electron chi connectivity index (χ1n) is 8.44. The fourth-order valence-corrected chi connectivity index (χ4v) is 3.12. The molecule has 0 fully saturated rings. The first-order valence-corrected chi connectivity index (χ1v) is 8.44. The van der Waals surface area contributed by atoms with Crippen LogP contribution < -0.4 is 24.5 Å². The van der Waals surface area contributed by atoms with Gasteiger partial charge < -0.3 is 23.9 Å². The summed E-state index contributed by atoms with van der Waals surface area (Å²) in [6.45, 7) is 0.149. The van der Waals surface area contributed by atoms with E-state index in [9.17, 15) is 10.1 Å². The normalized spacial score (nSPS) is 11.8. The number of nitriles is 1. The summed E-state index contributed by atoms with van der Waals surface area (Å²) in [5.74, 6) is 2.33. The molecule has 1 aliphatic heterocycles. The van der Waals surface area contributed by atoms with E-state index < -0.39 is 5.56 Å². The van der Waals surface area contributed by atoms with Crippen LogP contribution in [0.15, 0.2) is 47.3 Å². The maximum atomic E-state index is 12.6. The number of rotatable bonds is 4. The van der Waals surface area contributed by atoms with E-state index in [1.807, 2.05) is 12.1 Å². The Labute approximate surface area is 160 Å². The third-order valence-corrected chi connectivity index (χ3v) is 4.52. The summed E-state index contributed by atoms with van der Waals surface area (Å²) in [5.41, 5.74) is 2.03. The highest BCUT2D eigenvalue weighted by Gasteiger charge is 2.18. The average Bonchev–Trinajstić information content (AvgIpc) is 3.20. The van der Waals surface area contributed by atoms with Crippen molar-refractivity contribution in [3.8, 4) is 51.5 Å². The van der Waals surface area contributed by atoms with Crippen LogP contribution >= 0.6 is 0 Å². The lowest BCUT2D eigenvalue weighted by Crippen LogP contribution is -2.12. The minimum atomic E-state index is -0.470. The largest absolute Gasteiger partial charge is 0.493 e. The van der Waals surface area contributed by atoms with Gasteiger partial charge in [-0.1, -0.05) is 6.07 Å². The Morgan fingerprint density at radius 1 is 0.964 bits per heavy atom. The number of nitrogens with zero attached hydrogens (tertiary/aromatic N) is 1. The van der Waals surface area contributed by atoms with Gasteiger partial charge in [-0.15, -0.1) is 0 Å². The summed E-state index contributed by atoms with van der Waals surface area (Å²) in [4.78, 5) is 15.3. The van der Waals surface area contributed by atoms with Gasteiger partial charge in [-0.3, -0.25) is 4.79 Å². The van der Waals surface area contributed by atoms with E-state index in [-0.39, 0.29) is 12.4 Å². The second-order valence-corrected chi connectivity index (χ2v) is 6.05. The van der Waals surface area contributed by atoms with E-state index in [1.54, 1.807) is 50.6 Å². The molecule has 1 aromatic heterocycles. The minimum absolute atomic E-state index is 0.0306. The molecule has 3 aromatic rings. The van der Waals surface area contributed by atoms with Gasteiger partial charge >= 0.3 is 0 Å².